The van der Waals surface area contributed by atoms with Crippen LogP contribution in [0.5, 0.6) is 0 Å². The molecule has 6 heteroatoms. The van der Waals surface area contributed by atoms with Crippen molar-refractivity contribution in [3.8, 4) is 0 Å². The van der Waals surface area contributed by atoms with Crippen molar-refractivity contribution in [1.82, 2.24) is 9.80 Å². The molecule has 6 nitrogen and oxygen atoms in total. The van der Waals surface area contributed by atoms with Gasteiger partial charge in [0, 0.05) is 45.2 Å². The van der Waals surface area contributed by atoms with Gasteiger partial charge in [0.2, 0.25) is 5.91 Å². The Bertz CT molecular complexity index is 323. The van der Waals surface area contributed by atoms with Crippen LogP contribution >= 0.6 is 0 Å². The molecule has 2 unspecified atom stereocenters. The topological polar surface area (TPSA) is 59.1 Å². The van der Waals surface area contributed by atoms with Gasteiger partial charge in [0.05, 0.1) is 20.1 Å². The number of methoxy groups -OCH3 is 2. The Kier molecular flexibility index (Phi) is 6.95. The smallest absolute Gasteiger partial charge is 0.306 e. The van der Waals surface area contributed by atoms with Gasteiger partial charge in [-0.15, -0.1) is 0 Å². The van der Waals surface area contributed by atoms with Crippen molar-refractivity contribution >= 4 is 11.9 Å². The summed E-state index contributed by atoms with van der Waals surface area (Å²) in [5, 5.41) is 0. The predicted octanol–water partition coefficient (Wildman–Crippen LogP) is 0.507. The van der Waals surface area contributed by atoms with Crippen molar-refractivity contribution in [3.05, 3.63) is 0 Å². The average Bonchev–Trinajstić information content (AvgIpc) is 2.43. The van der Waals surface area contributed by atoms with E-state index >= 15 is 0 Å². The molecule has 2 atom stereocenters. The van der Waals surface area contributed by atoms with Crippen LogP contribution in [0.15, 0.2) is 0 Å². The molecule has 0 spiro atoms. The lowest BCUT2D eigenvalue weighted by atomic mass is 10.1. The number of amides is 1. The van der Waals surface area contributed by atoms with Crippen molar-refractivity contribution in [3.63, 3.8) is 0 Å². The zero-order chi connectivity index (χ0) is 15.1. The van der Waals surface area contributed by atoms with Crippen molar-refractivity contribution in [2.75, 3.05) is 40.5 Å². The Balaban J connectivity index is 2.47. The molecule has 20 heavy (non-hydrogen) atoms. The molecule has 1 heterocycles. The second-order valence-corrected chi connectivity index (χ2v) is 5.30. The van der Waals surface area contributed by atoms with Gasteiger partial charge in [-0.2, -0.15) is 0 Å². The SMILES string of the molecule is COCCN1C(C)CN(C(=O)CCC(=O)OC)CC1C. The Morgan fingerprint density at radius 2 is 1.70 bits per heavy atom. The normalized spacial score (nSPS) is 23.7. The molecule has 0 aromatic heterocycles. The minimum absolute atomic E-state index is 0.0282. The molecule has 0 aromatic rings. The first-order valence-corrected chi connectivity index (χ1v) is 7.08. The maximum atomic E-state index is 12.1. The molecule has 0 N–H and O–H groups in total. The molecular formula is C14H26N2O4. The first kappa shape index (κ1) is 16.9. The van der Waals surface area contributed by atoms with E-state index in [1.54, 1.807) is 7.11 Å². The lowest BCUT2D eigenvalue weighted by molar-refractivity contribution is -0.144. The first-order valence-electron chi connectivity index (χ1n) is 7.08. The minimum atomic E-state index is -0.335. The van der Waals surface area contributed by atoms with Crippen molar-refractivity contribution in [1.29, 1.82) is 0 Å². The van der Waals surface area contributed by atoms with Crippen LogP contribution in [0.1, 0.15) is 26.7 Å². The fraction of sp³-hybridized carbons (Fsp3) is 0.857. The highest BCUT2D eigenvalue weighted by Crippen LogP contribution is 2.16. The van der Waals surface area contributed by atoms with Crippen LogP contribution in [0.2, 0.25) is 0 Å². The van der Waals surface area contributed by atoms with Crippen LogP contribution in [0.3, 0.4) is 0 Å². The van der Waals surface area contributed by atoms with E-state index in [0.717, 1.165) is 6.54 Å². The van der Waals surface area contributed by atoms with Crippen LogP contribution in [-0.2, 0) is 19.1 Å². The summed E-state index contributed by atoms with van der Waals surface area (Å²) in [6, 6.07) is 0.604. The van der Waals surface area contributed by atoms with Crippen LogP contribution in [0, 0.1) is 0 Å². The molecule has 1 fully saturated rings. The fourth-order valence-electron chi connectivity index (χ4n) is 2.67. The molecule has 1 saturated heterocycles. The van der Waals surface area contributed by atoms with Crippen molar-refractivity contribution < 1.29 is 19.1 Å². The summed E-state index contributed by atoms with van der Waals surface area (Å²) in [5.41, 5.74) is 0. The molecule has 0 aromatic carbocycles. The van der Waals surface area contributed by atoms with Gasteiger partial charge in [0.1, 0.15) is 0 Å². The number of ether oxygens (including phenoxy) is 2. The molecule has 1 aliphatic rings. The quantitative estimate of drug-likeness (QED) is 0.666. The number of carbonyl (C=O) groups is 2. The Hall–Kier alpha value is -1.14. The van der Waals surface area contributed by atoms with Gasteiger partial charge in [-0.05, 0) is 13.8 Å². The number of carbonyl (C=O) groups excluding carboxylic acids is 2. The number of nitrogens with zero attached hydrogens (tertiary/aromatic N) is 2. The van der Waals surface area contributed by atoms with Gasteiger partial charge in [-0.3, -0.25) is 14.5 Å². The number of rotatable bonds is 6. The molecular weight excluding hydrogens is 260 g/mol. The van der Waals surface area contributed by atoms with Crippen LogP contribution in [0.4, 0.5) is 0 Å². The summed E-state index contributed by atoms with van der Waals surface area (Å²) in [6.07, 6.45) is 0.381. The van der Waals surface area contributed by atoms with E-state index in [1.165, 1.54) is 7.11 Å². The molecule has 0 bridgehead atoms. The molecule has 0 aliphatic carbocycles. The largest absolute Gasteiger partial charge is 0.469 e. The minimum Gasteiger partial charge on any atom is -0.469 e. The van der Waals surface area contributed by atoms with Crippen LogP contribution in [-0.4, -0.2) is 74.2 Å². The van der Waals surface area contributed by atoms with E-state index < -0.39 is 0 Å². The number of piperazine rings is 1. The monoisotopic (exact) mass is 286 g/mol. The highest BCUT2D eigenvalue weighted by molar-refractivity contribution is 5.81. The molecule has 116 valence electrons. The predicted molar refractivity (Wildman–Crippen MR) is 75.3 cm³/mol. The Labute approximate surface area is 121 Å². The van der Waals surface area contributed by atoms with E-state index in [1.807, 2.05) is 4.90 Å². The summed E-state index contributed by atoms with van der Waals surface area (Å²) in [4.78, 5) is 27.4. The molecule has 1 amide bonds. The van der Waals surface area contributed by atoms with Gasteiger partial charge in [-0.25, -0.2) is 0 Å². The summed E-state index contributed by atoms with van der Waals surface area (Å²) in [5.74, 6) is -0.307. The van der Waals surface area contributed by atoms with E-state index in [4.69, 9.17) is 4.74 Å². The van der Waals surface area contributed by atoms with Crippen molar-refractivity contribution in [2.24, 2.45) is 0 Å². The van der Waals surface area contributed by atoms with E-state index in [-0.39, 0.29) is 24.7 Å². The standard InChI is InChI=1S/C14H26N2O4/c1-11-9-15(13(17)5-6-14(18)20-4)10-12(2)16(11)7-8-19-3/h11-12H,5-10H2,1-4H3. The van der Waals surface area contributed by atoms with Gasteiger partial charge < -0.3 is 14.4 Å². The highest BCUT2D eigenvalue weighted by atomic mass is 16.5. The zero-order valence-electron chi connectivity index (χ0n) is 12.9. The molecule has 0 saturated carbocycles. The van der Waals surface area contributed by atoms with Gasteiger partial charge in [0.15, 0.2) is 0 Å². The lowest BCUT2D eigenvalue weighted by Gasteiger charge is -2.44. The maximum Gasteiger partial charge on any atom is 0.306 e. The summed E-state index contributed by atoms with van der Waals surface area (Å²) >= 11 is 0. The summed E-state index contributed by atoms with van der Waals surface area (Å²) in [7, 11) is 3.04. The number of hydrogen-bond donors (Lipinski definition) is 0. The molecule has 0 radical (unpaired) electrons. The van der Waals surface area contributed by atoms with E-state index in [2.05, 4.69) is 23.5 Å². The van der Waals surface area contributed by atoms with E-state index in [0.29, 0.717) is 31.8 Å². The van der Waals surface area contributed by atoms with Crippen LogP contribution in [0.25, 0.3) is 0 Å². The average molecular weight is 286 g/mol. The third-order valence-corrected chi connectivity index (χ3v) is 3.78. The van der Waals surface area contributed by atoms with Gasteiger partial charge >= 0.3 is 5.97 Å². The van der Waals surface area contributed by atoms with Crippen molar-refractivity contribution in [2.45, 2.75) is 38.8 Å². The van der Waals surface area contributed by atoms with E-state index in [9.17, 15) is 9.59 Å². The second kappa shape index (κ2) is 8.21. The zero-order valence-corrected chi connectivity index (χ0v) is 12.9. The Morgan fingerprint density at radius 1 is 1.10 bits per heavy atom. The third-order valence-electron chi connectivity index (χ3n) is 3.78. The summed E-state index contributed by atoms with van der Waals surface area (Å²) in [6.45, 7) is 7.22. The third kappa shape index (κ3) is 4.76. The van der Waals surface area contributed by atoms with Crippen LogP contribution < -0.4 is 0 Å². The van der Waals surface area contributed by atoms with Gasteiger partial charge in [-0.1, -0.05) is 0 Å². The molecule has 1 rings (SSSR count). The fourth-order valence-corrected chi connectivity index (χ4v) is 2.67. The Morgan fingerprint density at radius 3 is 2.20 bits per heavy atom. The summed E-state index contributed by atoms with van der Waals surface area (Å²) < 4.78 is 9.68. The van der Waals surface area contributed by atoms with Gasteiger partial charge in [0.25, 0.3) is 0 Å². The first-order chi connectivity index (χ1) is 9.49. The second-order valence-electron chi connectivity index (χ2n) is 5.30. The maximum absolute atomic E-state index is 12.1. The lowest BCUT2D eigenvalue weighted by Crippen LogP contribution is -2.58. The highest BCUT2D eigenvalue weighted by Gasteiger charge is 2.31. The number of hydrogen-bond acceptors (Lipinski definition) is 5. The molecule has 1 aliphatic heterocycles. The number of esters is 1.